The zero-order chi connectivity index (χ0) is 28.3. The lowest BCUT2D eigenvalue weighted by Gasteiger charge is -2.33. The van der Waals surface area contributed by atoms with Crippen LogP contribution in [0.2, 0.25) is 0 Å². The highest BCUT2D eigenvalue weighted by atomic mass is 32.2. The van der Waals surface area contributed by atoms with Gasteiger partial charge in [-0.15, -0.1) is 0 Å². The van der Waals surface area contributed by atoms with Crippen molar-refractivity contribution >= 4 is 16.1 Å². The van der Waals surface area contributed by atoms with Gasteiger partial charge in [-0.1, -0.05) is 0 Å². The molecule has 2 aliphatic heterocycles. The minimum Gasteiger partial charge on any atom is -0.484 e. The van der Waals surface area contributed by atoms with Crippen molar-refractivity contribution in [2.45, 2.75) is 63.0 Å². The fourth-order valence-electron chi connectivity index (χ4n) is 4.41. The van der Waals surface area contributed by atoms with Crippen LogP contribution in [-0.4, -0.2) is 97.0 Å². The molecule has 2 N–H and O–H groups in total. The molecular formula is C23H31F5N2O7S. The number of alkyl halides is 3. The second kappa shape index (κ2) is 12.3. The number of amides is 1. The van der Waals surface area contributed by atoms with Crippen LogP contribution in [-0.2, 0) is 14.8 Å². The summed E-state index contributed by atoms with van der Waals surface area (Å²) in [6, 6.07) is 2.27. The molecule has 2 heterocycles. The third-order valence-corrected chi connectivity index (χ3v) is 8.63. The summed E-state index contributed by atoms with van der Waals surface area (Å²) in [4.78, 5) is 13.0. The van der Waals surface area contributed by atoms with E-state index < -0.39 is 70.3 Å². The van der Waals surface area contributed by atoms with E-state index in [1.165, 1.54) is 4.31 Å². The van der Waals surface area contributed by atoms with Crippen LogP contribution >= 0.6 is 0 Å². The molecule has 9 nitrogen and oxygen atoms in total. The third kappa shape index (κ3) is 7.67. The van der Waals surface area contributed by atoms with Crippen LogP contribution in [0, 0.1) is 11.6 Å². The lowest BCUT2D eigenvalue weighted by atomic mass is 9.90. The molecule has 0 unspecified atom stereocenters. The number of likely N-dealkylation sites (tertiary alicyclic amines) is 1. The van der Waals surface area contributed by atoms with Crippen molar-refractivity contribution in [3.63, 3.8) is 0 Å². The van der Waals surface area contributed by atoms with Crippen LogP contribution in [0.3, 0.4) is 0 Å². The Morgan fingerprint density at radius 2 is 1.63 bits per heavy atom. The molecule has 0 aromatic heterocycles. The third-order valence-electron chi connectivity index (χ3n) is 6.68. The summed E-state index contributed by atoms with van der Waals surface area (Å²) in [5.41, 5.74) is 0.344. The number of sulfonamides is 1. The predicted molar refractivity (Wildman–Crippen MR) is 124 cm³/mol. The van der Waals surface area contributed by atoms with Gasteiger partial charge in [0.05, 0.1) is 18.5 Å². The van der Waals surface area contributed by atoms with Gasteiger partial charge in [0.25, 0.3) is 0 Å². The minimum atomic E-state index is -4.68. The maximum Gasteiger partial charge on any atom is 0.425 e. The van der Waals surface area contributed by atoms with Crippen LogP contribution in [0.25, 0.3) is 0 Å². The molecule has 2 saturated heterocycles. The Balaban J connectivity index is 1.54. The number of ether oxygens (including phenoxy) is 2. The monoisotopic (exact) mass is 574 g/mol. The van der Waals surface area contributed by atoms with Crippen molar-refractivity contribution in [2.24, 2.45) is 0 Å². The molecule has 15 heteroatoms. The Labute approximate surface area is 217 Å². The van der Waals surface area contributed by atoms with Gasteiger partial charge in [0.2, 0.25) is 10.0 Å². The highest BCUT2D eigenvalue weighted by Crippen LogP contribution is 2.34. The van der Waals surface area contributed by atoms with Crippen molar-refractivity contribution < 1.29 is 54.9 Å². The van der Waals surface area contributed by atoms with E-state index in [-0.39, 0.29) is 44.9 Å². The van der Waals surface area contributed by atoms with E-state index in [2.05, 4.69) is 4.74 Å². The first-order valence-corrected chi connectivity index (χ1v) is 13.8. The van der Waals surface area contributed by atoms with Crippen molar-refractivity contribution in [3.8, 4) is 5.75 Å². The molecule has 216 valence electrons. The fourth-order valence-corrected chi connectivity index (χ4v) is 5.98. The first kappa shape index (κ1) is 30.3. The van der Waals surface area contributed by atoms with E-state index in [0.717, 1.165) is 24.0 Å². The molecule has 0 spiro atoms. The normalized spacial score (nSPS) is 20.3. The quantitative estimate of drug-likeness (QED) is 0.459. The molecule has 0 bridgehead atoms. The summed E-state index contributed by atoms with van der Waals surface area (Å²) >= 11 is 0. The minimum absolute atomic E-state index is 0.00773. The van der Waals surface area contributed by atoms with E-state index in [1.807, 2.05) is 0 Å². The van der Waals surface area contributed by atoms with Crippen LogP contribution in [0.5, 0.6) is 5.75 Å². The molecule has 1 aromatic carbocycles. The highest BCUT2D eigenvalue weighted by Gasteiger charge is 2.40. The summed E-state index contributed by atoms with van der Waals surface area (Å²) in [5.74, 6) is -3.41. The summed E-state index contributed by atoms with van der Waals surface area (Å²) in [7, 11) is -3.79. The number of piperidine rings is 2. The molecule has 1 amide bonds. The van der Waals surface area contributed by atoms with Gasteiger partial charge in [-0.2, -0.15) is 13.2 Å². The number of aliphatic hydroxyl groups excluding tert-OH is 2. The van der Waals surface area contributed by atoms with E-state index in [4.69, 9.17) is 9.84 Å². The zero-order valence-electron chi connectivity index (χ0n) is 20.7. The summed E-state index contributed by atoms with van der Waals surface area (Å²) in [6.07, 6.45) is -9.27. The Morgan fingerprint density at radius 3 is 2.13 bits per heavy atom. The number of nitrogens with zero attached hydrogens (tertiary/aromatic N) is 2. The Morgan fingerprint density at radius 1 is 1.08 bits per heavy atom. The molecule has 38 heavy (non-hydrogen) atoms. The van der Waals surface area contributed by atoms with Crippen molar-refractivity contribution in [3.05, 3.63) is 29.3 Å². The number of benzene rings is 1. The number of rotatable bonds is 8. The molecule has 3 rings (SSSR count). The van der Waals surface area contributed by atoms with Gasteiger partial charge >= 0.3 is 12.3 Å². The van der Waals surface area contributed by atoms with Crippen LogP contribution < -0.4 is 4.74 Å². The number of carbonyl (C=O) groups is 1. The first-order valence-electron chi connectivity index (χ1n) is 12.2. The van der Waals surface area contributed by atoms with E-state index in [1.54, 1.807) is 0 Å². The molecular weight excluding hydrogens is 543 g/mol. The maximum absolute atomic E-state index is 14.8. The second-order valence-corrected chi connectivity index (χ2v) is 11.5. The van der Waals surface area contributed by atoms with Gasteiger partial charge in [-0.25, -0.2) is 26.3 Å². The van der Waals surface area contributed by atoms with Gasteiger partial charge in [0, 0.05) is 39.0 Å². The van der Waals surface area contributed by atoms with E-state index >= 15 is 0 Å². The van der Waals surface area contributed by atoms with Gasteiger partial charge in [-0.05, 0) is 43.4 Å². The average Bonchev–Trinajstić information content (AvgIpc) is 2.85. The Hall–Kier alpha value is -2.23. The zero-order valence-corrected chi connectivity index (χ0v) is 21.5. The Bertz CT molecular complexity index is 1050. The lowest BCUT2D eigenvalue weighted by molar-refractivity contribution is -0.200. The maximum atomic E-state index is 14.8. The predicted octanol–water partition coefficient (Wildman–Crippen LogP) is 2.76. The first-order chi connectivity index (χ1) is 17.7. The van der Waals surface area contributed by atoms with Crippen LogP contribution in [0.4, 0.5) is 26.7 Å². The number of carbonyl (C=O) groups excluding carboxylic acids is 1. The Kier molecular flexibility index (Phi) is 9.81. The molecule has 1 aromatic rings. The van der Waals surface area contributed by atoms with Crippen molar-refractivity contribution in [1.82, 2.24) is 9.21 Å². The molecule has 2 aliphatic rings. The van der Waals surface area contributed by atoms with E-state index in [0.29, 0.717) is 18.4 Å². The number of halogens is 5. The average molecular weight is 575 g/mol. The van der Waals surface area contributed by atoms with Crippen molar-refractivity contribution in [1.29, 1.82) is 0 Å². The molecule has 0 saturated carbocycles. The van der Waals surface area contributed by atoms with Crippen LogP contribution in [0.15, 0.2) is 12.1 Å². The molecule has 2 atom stereocenters. The van der Waals surface area contributed by atoms with E-state index in [9.17, 15) is 40.3 Å². The van der Waals surface area contributed by atoms with Gasteiger partial charge in [0.1, 0.15) is 6.10 Å². The van der Waals surface area contributed by atoms with Crippen molar-refractivity contribution in [2.75, 3.05) is 38.5 Å². The van der Waals surface area contributed by atoms with Crippen LogP contribution in [0.1, 0.15) is 44.1 Å². The summed E-state index contributed by atoms with van der Waals surface area (Å²) < 4.78 is 103. The second-order valence-electron chi connectivity index (χ2n) is 9.47. The summed E-state index contributed by atoms with van der Waals surface area (Å²) in [6.45, 7) is 0.206. The standard InChI is InChI=1S/C23H31F5N2O7S/c1-14(23(26,27)28)36-22(33)29-6-4-18(5-7-29)37-21-19(24)10-16(11-20(21)25)15-2-8-30(9-3-15)38(34,35)13-17(32)12-31/h10-11,14-15,17-18,31-32H,2-9,12-13H2,1H3/t14-,17+/m1/s1. The highest BCUT2D eigenvalue weighted by molar-refractivity contribution is 7.89. The summed E-state index contributed by atoms with van der Waals surface area (Å²) in [5, 5.41) is 18.3. The SMILES string of the molecule is C[C@@H](OC(=O)N1CCC(Oc2c(F)cc(C3CCN(S(=O)(=O)C[C@@H](O)CO)CC3)cc2F)CC1)C(F)(F)F. The smallest absolute Gasteiger partial charge is 0.425 e. The van der Waals surface area contributed by atoms with Gasteiger partial charge in [-0.3, -0.25) is 0 Å². The van der Waals surface area contributed by atoms with Gasteiger partial charge in [0.15, 0.2) is 23.5 Å². The molecule has 0 radical (unpaired) electrons. The largest absolute Gasteiger partial charge is 0.484 e. The fraction of sp³-hybridized carbons (Fsp3) is 0.696. The number of hydrogen-bond acceptors (Lipinski definition) is 7. The number of hydrogen-bond donors (Lipinski definition) is 2. The lowest BCUT2D eigenvalue weighted by Crippen LogP contribution is -2.44. The van der Waals surface area contributed by atoms with Gasteiger partial charge < -0.3 is 24.6 Å². The number of aliphatic hydroxyl groups is 2. The molecule has 0 aliphatic carbocycles. The topological polar surface area (TPSA) is 117 Å². The molecule has 2 fully saturated rings.